The molecule has 0 amide bonds. The standard InChI is InChI=1S/C14H10Cl2N4OS/c1-2-22-14-17-7-10(16)11(18-14)13-20-19-12(21-13)8-3-5-9(15)6-4-8/h3-7H,2H2,1H3. The molecule has 0 fully saturated rings. The quantitative estimate of drug-likeness (QED) is 0.504. The molecule has 22 heavy (non-hydrogen) atoms. The van der Waals surface area contributed by atoms with Crippen LogP contribution in [0.4, 0.5) is 0 Å². The topological polar surface area (TPSA) is 64.7 Å². The Bertz CT molecular complexity index is 792. The lowest BCUT2D eigenvalue weighted by Crippen LogP contribution is -1.92. The van der Waals surface area contributed by atoms with Crippen molar-refractivity contribution in [3.8, 4) is 23.0 Å². The number of hydrogen-bond donors (Lipinski definition) is 0. The van der Waals surface area contributed by atoms with Gasteiger partial charge in [-0.3, -0.25) is 0 Å². The molecule has 8 heteroatoms. The van der Waals surface area contributed by atoms with E-state index in [0.29, 0.717) is 26.8 Å². The monoisotopic (exact) mass is 352 g/mol. The number of halogens is 2. The minimum Gasteiger partial charge on any atom is -0.415 e. The molecule has 0 aliphatic heterocycles. The maximum absolute atomic E-state index is 6.13. The summed E-state index contributed by atoms with van der Waals surface area (Å²) >= 11 is 13.5. The van der Waals surface area contributed by atoms with Crippen LogP contribution in [0.1, 0.15) is 6.92 Å². The third-order valence-corrected chi connectivity index (χ3v) is 3.99. The van der Waals surface area contributed by atoms with Gasteiger partial charge in [-0.15, -0.1) is 10.2 Å². The van der Waals surface area contributed by atoms with Gasteiger partial charge >= 0.3 is 0 Å². The second kappa shape index (κ2) is 6.64. The Hall–Kier alpha value is -1.63. The fourth-order valence-corrected chi connectivity index (χ4v) is 2.57. The van der Waals surface area contributed by atoms with Crippen molar-refractivity contribution in [3.05, 3.63) is 40.5 Å². The van der Waals surface area contributed by atoms with E-state index in [4.69, 9.17) is 27.6 Å². The zero-order valence-electron chi connectivity index (χ0n) is 11.5. The Morgan fingerprint density at radius 2 is 1.82 bits per heavy atom. The van der Waals surface area contributed by atoms with Crippen molar-refractivity contribution in [1.82, 2.24) is 20.2 Å². The number of hydrogen-bond acceptors (Lipinski definition) is 6. The van der Waals surface area contributed by atoms with E-state index in [9.17, 15) is 0 Å². The summed E-state index contributed by atoms with van der Waals surface area (Å²) in [5, 5.41) is 9.67. The first-order chi connectivity index (χ1) is 10.7. The summed E-state index contributed by atoms with van der Waals surface area (Å²) in [7, 11) is 0. The molecule has 0 saturated carbocycles. The molecule has 2 heterocycles. The van der Waals surface area contributed by atoms with Crippen LogP contribution in [0.5, 0.6) is 0 Å². The van der Waals surface area contributed by atoms with Gasteiger partial charge in [0.25, 0.3) is 5.89 Å². The molecular weight excluding hydrogens is 343 g/mol. The third kappa shape index (κ3) is 3.24. The van der Waals surface area contributed by atoms with E-state index in [0.717, 1.165) is 11.3 Å². The minimum atomic E-state index is 0.260. The van der Waals surface area contributed by atoms with Gasteiger partial charge in [0.2, 0.25) is 5.89 Å². The molecule has 0 aliphatic rings. The highest BCUT2D eigenvalue weighted by Gasteiger charge is 2.16. The molecule has 0 unspecified atom stereocenters. The second-order valence-electron chi connectivity index (χ2n) is 4.20. The maximum Gasteiger partial charge on any atom is 0.268 e. The highest BCUT2D eigenvalue weighted by molar-refractivity contribution is 7.99. The molecule has 0 atom stereocenters. The second-order valence-corrected chi connectivity index (χ2v) is 6.28. The SMILES string of the molecule is CCSc1ncc(Cl)c(-c2nnc(-c3ccc(Cl)cc3)o2)n1. The predicted molar refractivity (Wildman–Crippen MR) is 87.2 cm³/mol. The molecule has 112 valence electrons. The van der Waals surface area contributed by atoms with E-state index in [-0.39, 0.29) is 5.89 Å². The molecule has 0 bridgehead atoms. The van der Waals surface area contributed by atoms with Crippen molar-refractivity contribution in [3.63, 3.8) is 0 Å². The smallest absolute Gasteiger partial charge is 0.268 e. The van der Waals surface area contributed by atoms with Gasteiger partial charge in [-0.1, -0.05) is 41.9 Å². The Labute approximate surface area is 141 Å². The van der Waals surface area contributed by atoms with Crippen molar-refractivity contribution in [1.29, 1.82) is 0 Å². The van der Waals surface area contributed by atoms with Gasteiger partial charge in [0, 0.05) is 10.6 Å². The van der Waals surface area contributed by atoms with Crippen LogP contribution >= 0.6 is 35.0 Å². The van der Waals surface area contributed by atoms with Gasteiger partial charge in [-0.25, -0.2) is 9.97 Å². The number of aromatic nitrogens is 4. The summed E-state index contributed by atoms with van der Waals surface area (Å²) in [6.45, 7) is 2.02. The highest BCUT2D eigenvalue weighted by Crippen LogP contribution is 2.29. The summed E-state index contributed by atoms with van der Waals surface area (Å²) in [5.74, 6) is 1.50. The Balaban J connectivity index is 1.96. The Morgan fingerprint density at radius 1 is 1.09 bits per heavy atom. The fourth-order valence-electron chi connectivity index (χ4n) is 1.73. The number of nitrogens with zero attached hydrogens (tertiary/aromatic N) is 4. The van der Waals surface area contributed by atoms with Crippen LogP contribution in [0, 0.1) is 0 Å². The largest absolute Gasteiger partial charge is 0.415 e. The summed E-state index contributed by atoms with van der Waals surface area (Å²) in [6, 6.07) is 7.13. The zero-order chi connectivity index (χ0) is 15.5. The van der Waals surface area contributed by atoms with Crippen molar-refractivity contribution in [2.45, 2.75) is 12.1 Å². The minimum absolute atomic E-state index is 0.260. The summed E-state index contributed by atoms with van der Waals surface area (Å²) in [6.07, 6.45) is 1.54. The summed E-state index contributed by atoms with van der Waals surface area (Å²) in [4.78, 5) is 8.50. The van der Waals surface area contributed by atoms with Crippen LogP contribution in [-0.2, 0) is 0 Å². The van der Waals surface area contributed by atoms with E-state index in [2.05, 4.69) is 20.2 Å². The first-order valence-corrected chi connectivity index (χ1v) is 8.16. The molecule has 5 nitrogen and oxygen atoms in total. The van der Waals surface area contributed by atoms with E-state index in [1.54, 1.807) is 24.3 Å². The van der Waals surface area contributed by atoms with E-state index in [1.165, 1.54) is 18.0 Å². The zero-order valence-corrected chi connectivity index (χ0v) is 13.8. The van der Waals surface area contributed by atoms with Gasteiger partial charge < -0.3 is 4.42 Å². The lowest BCUT2D eigenvalue weighted by atomic mass is 10.2. The lowest BCUT2D eigenvalue weighted by molar-refractivity contribution is 0.581. The van der Waals surface area contributed by atoms with Crippen LogP contribution in [0.25, 0.3) is 23.0 Å². The predicted octanol–water partition coefficient (Wildman–Crippen LogP) is 4.61. The van der Waals surface area contributed by atoms with Gasteiger partial charge in [0.1, 0.15) is 0 Å². The Morgan fingerprint density at radius 3 is 2.55 bits per heavy atom. The molecule has 0 N–H and O–H groups in total. The lowest BCUT2D eigenvalue weighted by Gasteiger charge is -2.01. The third-order valence-electron chi connectivity index (χ3n) is 2.71. The van der Waals surface area contributed by atoms with E-state index >= 15 is 0 Å². The molecule has 1 aromatic carbocycles. The molecule has 0 saturated heterocycles. The molecule has 0 radical (unpaired) electrons. The van der Waals surface area contributed by atoms with Crippen LogP contribution < -0.4 is 0 Å². The summed E-state index contributed by atoms with van der Waals surface area (Å²) in [5.41, 5.74) is 1.21. The van der Waals surface area contributed by atoms with Gasteiger partial charge in [-0.05, 0) is 30.0 Å². The number of thioether (sulfide) groups is 1. The van der Waals surface area contributed by atoms with Crippen molar-refractivity contribution in [2.24, 2.45) is 0 Å². The van der Waals surface area contributed by atoms with Crippen molar-refractivity contribution in [2.75, 3.05) is 5.75 Å². The molecule has 0 aliphatic carbocycles. The van der Waals surface area contributed by atoms with Crippen molar-refractivity contribution < 1.29 is 4.42 Å². The van der Waals surface area contributed by atoms with Crippen LogP contribution in [0.3, 0.4) is 0 Å². The van der Waals surface area contributed by atoms with E-state index < -0.39 is 0 Å². The number of benzene rings is 1. The number of rotatable bonds is 4. The van der Waals surface area contributed by atoms with E-state index in [1.807, 2.05) is 6.92 Å². The first-order valence-electron chi connectivity index (χ1n) is 6.42. The van der Waals surface area contributed by atoms with Gasteiger partial charge in [-0.2, -0.15) is 0 Å². The average molecular weight is 353 g/mol. The van der Waals surface area contributed by atoms with Crippen LogP contribution in [0.2, 0.25) is 10.0 Å². The van der Waals surface area contributed by atoms with Crippen LogP contribution in [-0.4, -0.2) is 25.9 Å². The molecule has 3 rings (SSSR count). The maximum atomic E-state index is 6.13. The van der Waals surface area contributed by atoms with Crippen LogP contribution in [0.15, 0.2) is 40.0 Å². The van der Waals surface area contributed by atoms with Crippen molar-refractivity contribution >= 4 is 35.0 Å². The summed E-state index contributed by atoms with van der Waals surface area (Å²) < 4.78 is 5.66. The highest BCUT2D eigenvalue weighted by atomic mass is 35.5. The molecular formula is C14H10Cl2N4OS. The normalized spacial score (nSPS) is 10.9. The van der Waals surface area contributed by atoms with Gasteiger partial charge in [0.05, 0.1) is 11.2 Å². The Kier molecular flexibility index (Phi) is 4.61. The fraction of sp³-hybridized carbons (Fsp3) is 0.143. The van der Waals surface area contributed by atoms with Gasteiger partial charge in [0.15, 0.2) is 10.9 Å². The molecule has 3 aromatic rings. The molecule has 0 spiro atoms. The average Bonchev–Trinajstić information content (AvgIpc) is 3.00. The first kappa shape index (κ1) is 15.3. The molecule has 2 aromatic heterocycles.